The van der Waals surface area contributed by atoms with Gasteiger partial charge in [0.05, 0.1) is 12.1 Å². The normalized spacial score (nSPS) is 11.4. The van der Waals surface area contributed by atoms with E-state index >= 15 is 0 Å². The molecule has 0 aliphatic heterocycles. The van der Waals surface area contributed by atoms with Gasteiger partial charge in [0.25, 0.3) is 5.92 Å². The van der Waals surface area contributed by atoms with E-state index in [4.69, 9.17) is 10.8 Å². The Hall–Kier alpha value is -1.49. The summed E-state index contributed by atoms with van der Waals surface area (Å²) in [5.74, 6) is -4.25. The van der Waals surface area contributed by atoms with Crippen LogP contribution in [0.3, 0.4) is 0 Å². The van der Waals surface area contributed by atoms with Crippen molar-refractivity contribution in [1.29, 1.82) is 0 Å². The maximum atomic E-state index is 12.9. The minimum Gasteiger partial charge on any atom is -0.478 e. The highest BCUT2D eigenvalue weighted by molar-refractivity contribution is 5.87. The fourth-order valence-electron chi connectivity index (χ4n) is 0.974. The Morgan fingerprint density at radius 2 is 1.86 bits per heavy atom. The first-order valence-electron chi connectivity index (χ1n) is 3.89. The fraction of sp³-hybridized carbons (Fsp3) is 0.222. The lowest BCUT2D eigenvalue weighted by molar-refractivity contribution is 0.00589. The predicted molar refractivity (Wildman–Crippen MR) is 46.3 cm³/mol. The minimum atomic E-state index is -3.10. The molecular formula is C9H9F2NO2. The van der Waals surface area contributed by atoms with Gasteiger partial charge in [0.1, 0.15) is 0 Å². The molecule has 5 heteroatoms. The molecule has 3 nitrogen and oxygen atoms in total. The number of halogens is 2. The molecule has 0 heterocycles. The molecule has 0 fully saturated rings. The predicted octanol–water partition coefficient (Wildman–Crippen LogP) is 1.44. The molecule has 76 valence electrons. The number of hydrogen-bond acceptors (Lipinski definition) is 2. The Balaban J connectivity index is 2.99. The zero-order valence-corrected chi connectivity index (χ0v) is 7.21. The Bertz CT molecular complexity index is 335. The Morgan fingerprint density at radius 1 is 1.36 bits per heavy atom. The lowest BCUT2D eigenvalue weighted by atomic mass is 10.1. The maximum Gasteiger partial charge on any atom is 0.335 e. The van der Waals surface area contributed by atoms with E-state index in [0.717, 1.165) is 24.3 Å². The van der Waals surface area contributed by atoms with Crippen LogP contribution in [0.15, 0.2) is 24.3 Å². The van der Waals surface area contributed by atoms with Gasteiger partial charge in [0, 0.05) is 5.56 Å². The smallest absolute Gasteiger partial charge is 0.335 e. The molecule has 0 aliphatic rings. The van der Waals surface area contributed by atoms with Crippen LogP contribution in [0, 0.1) is 0 Å². The van der Waals surface area contributed by atoms with Gasteiger partial charge < -0.3 is 10.8 Å². The first kappa shape index (κ1) is 10.6. The third-order valence-electron chi connectivity index (χ3n) is 1.81. The summed E-state index contributed by atoms with van der Waals surface area (Å²) in [7, 11) is 0. The van der Waals surface area contributed by atoms with Crippen molar-refractivity contribution in [2.45, 2.75) is 5.92 Å². The van der Waals surface area contributed by atoms with Gasteiger partial charge in [-0.2, -0.15) is 8.78 Å². The summed E-state index contributed by atoms with van der Waals surface area (Å²) in [5, 5.41) is 8.52. The first-order valence-corrected chi connectivity index (χ1v) is 3.89. The fourth-order valence-corrected chi connectivity index (χ4v) is 0.974. The largest absolute Gasteiger partial charge is 0.478 e. The summed E-state index contributed by atoms with van der Waals surface area (Å²) in [4.78, 5) is 10.4. The molecule has 0 aliphatic carbocycles. The summed E-state index contributed by atoms with van der Waals surface area (Å²) in [6.45, 7) is -0.792. The molecule has 1 aromatic carbocycles. The molecule has 0 saturated heterocycles. The average molecular weight is 201 g/mol. The molecule has 1 rings (SSSR count). The molecular weight excluding hydrogens is 192 g/mol. The standard InChI is InChI=1S/C9H9F2NO2/c10-9(11,5-12)7-3-1-6(2-4-7)8(13)14/h1-4H,5,12H2,(H,13,14). The van der Waals surface area contributed by atoms with Crippen LogP contribution in [0.2, 0.25) is 0 Å². The van der Waals surface area contributed by atoms with Crippen LogP contribution in [0.4, 0.5) is 8.78 Å². The van der Waals surface area contributed by atoms with Crippen molar-refractivity contribution >= 4 is 5.97 Å². The van der Waals surface area contributed by atoms with Crippen LogP contribution in [0.25, 0.3) is 0 Å². The number of aromatic carboxylic acids is 1. The van der Waals surface area contributed by atoms with Crippen molar-refractivity contribution in [3.8, 4) is 0 Å². The van der Waals surface area contributed by atoms with Crippen molar-refractivity contribution in [3.05, 3.63) is 35.4 Å². The van der Waals surface area contributed by atoms with Gasteiger partial charge in [0.15, 0.2) is 0 Å². The van der Waals surface area contributed by atoms with Gasteiger partial charge >= 0.3 is 5.97 Å². The summed E-state index contributed by atoms with van der Waals surface area (Å²) >= 11 is 0. The molecule has 0 bridgehead atoms. The Labute approximate surface area is 79.2 Å². The Kier molecular flexibility index (Phi) is 2.81. The lowest BCUT2D eigenvalue weighted by Crippen LogP contribution is -2.25. The SMILES string of the molecule is NCC(F)(F)c1ccc(C(=O)O)cc1. The monoisotopic (exact) mass is 201 g/mol. The molecule has 0 spiro atoms. The third-order valence-corrected chi connectivity index (χ3v) is 1.81. The van der Waals surface area contributed by atoms with Gasteiger partial charge in [-0.15, -0.1) is 0 Å². The second-order valence-electron chi connectivity index (χ2n) is 2.79. The van der Waals surface area contributed by atoms with E-state index in [2.05, 4.69) is 0 Å². The molecule has 0 radical (unpaired) electrons. The number of carboxylic acids is 1. The van der Waals surface area contributed by atoms with Gasteiger partial charge in [0.2, 0.25) is 0 Å². The summed E-state index contributed by atoms with van der Waals surface area (Å²) in [6.07, 6.45) is 0. The van der Waals surface area contributed by atoms with E-state index in [1.165, 1.54) is 0 Å². The number of carbonyl (C=O) groups is 1. The van der Waals surface area contributed by atoms with Gasteiger partial charge in [-0.25, -0.2) is 4.79 Å². The summed E-state index contributed by atoms with van der Waals surface area (Å²) < 4.78 is 25.9. The highest BCUT2D eigenvalue weighted by Gasteiger charge is 2.29. The highest BCUT2D eigenvalue weighted by Crippen LogP contribution is 2.26. The van der Waals surface area contributed by atoms with Crippen LogP contribution in [-0.2, 0) is 5.92 Å². The van der Waals surface area contributed by atoms with E-state index in [9.17, 15) is 13.6 Å². The van der Waals surface area contributed by atoms with Crippen LogP contribution in [0.5, 0.6) is 0 Å². The Morgan fingerprint density at radius 3 is 2.21 bits per heavy atom. The van der Waals surface area contributed by atoms with Crippen molar-refractivity contribution in [3.63, 3.8) is 0 Å². The molecule has 0 atom stereocenters. The van der Waals surface area contributed by atoms with E-state index in [1.807, 2.05) is 0 Å². The van der Waals surface area contributed by atoms with Crippen molar-refractivity contribution < 1.29 is 18.7 Å². The lowest BCUT2D eigenvalue weighted by Gasteiger charge is -2.13. The maximum absolute atomic E-state index is 12.9. The molecule has 0 saturated carbocycles. The second kappa shape index (κ2) is 3.71. The van der Waals surface area contributed by atoms with Crippen molar-refractivity contribution in [2.75, 3.05) is 6.54 Å². The number of alkyl halides is 2. The molecule has 0 unspecified atom stereocenters. The molecule has 14 heavy (non-hydrogen) atoms. The zero-order valence-electron chi connectivity index (χ0n) is 7.21. The zero-order chi connectivity index (χ0) is 10.8. The molecule has 0 aromatic heterocycles. The van der Waals surface area contributed by atoms with Crippen LogP contribution < -0.4 is 5.73 Å². The topological polar surface area (TPSA) is 63.3 Å². The number of rotatable bonds is 3. The van der Waals surface area contributed by atoms with Crippen LogP contribution >= 0.6 is 0 Å². The molecule has 0 amide bonds. The van der Waals surface area contributed by atoms with Crippen LogP contribution in [0.1, 0.15) is 15.9 Å². The minimum absolute atomic E-state index is 0.0263. The summed E-state index contributed by atoms with van der Waals surface area (Å²) in [5.41, 5.74) is 4.57. The van der Waals surface area contributed by atoms with Gasteiger partial charge in [-0.1, -0.05) is 12.1 Å². The highest BCUT2D eigenvalue weighted by atomic mass is 19.3. The van der Waals surface area contributed by atoms with E-state index in [0.29, 0.717) is 0 Å². The van der Waals surface area contributed by atoms with E-state index in [-0.39, 0.29) is 11.1 Å². The van der Waals surface area contributed by atoms with Gasteiger partial charge in [-0.05, 0) is 12.1 Å². The average Bonchev–Trinajstić information content (AvgIpc) is 2.18. The second-order valence-corrected chi connectivity index (χ2v) is 2.79. The first-order chi connectivity index (χ1) is 6.47. The number of hydrogen-bond donors (Lipinski definition) is 2. The quantitative estimate of drug-likeness (QED) is 0.777. The van der Waals surface area contributed by atoms with E-state index in [1.54, 1.807) is 0 Å². The van der Waals surface area contributed by atoms with E-state index < -0.39 is 18.4 Å². The molecule has 3 N–H and O–H groups in total. The molecule has 1 aromatic rings. The van der Waals surface area contributed by atoms with Gasteiger partial charge in [-0.3, -0.25) is 0 Å². The third kappa shape index (κ3) is 2.05. The summed E-state index contributed by atoms with van der Waals surface area (Å²) in [6, 6.07) is 4.38. The van der Waals surface area contributed by atoms with Crippen molar-refractivity contribution in [2.24, 2.45) is 5.73 Å². The number of carboxylic acid groups (broad SMARTS) is 1. The van der Waals surface area contributed by atoms with Crippen molar-refractivity contribution in [1.82, 2.24) is 0 Å². The van der Waals surface area contributed by atoms with Crippen LogP contribution in [-0.4, -0.2) is 17.6 Å². The number of nitrogens with two attached hydrogens (primary N) is 1. The number of benzene rings is 1.